The van der Waals surface area contributed by atoms with Crippen molar-refractivity contribution in [2.45, 2.75) is 0 Å². The predicted octanol–water partition coefficient (Wildman–Crippen LogP) is 9.22. The Morgan fingerprint density at radius 3 is 1.11 bits per heavy atom. The molecule has 16 rings (SSSR count). The minimum atomic E-state index is -0.306. The van der Waals surface area contributed by atoms with E-state index in [1.165, 1.54) is 0 Å². The summed E-state index contributed by atoms with van der Waals surface area (Å²) >= 11 is 0. The molecule has 0 saturated heterocycles. The average Bonchev–Trinajstić information content (AvgIpc) is 3.41. The van der Waals surface area contributed by atoms with E-state index in [0.717, 1.165) is 89.3 Å². The van der Waals surface area contributed by atoms with Gasteiger partial charge in [-0.05, 0) is 86.8 Å². The Bertz CT molecular complexity index is 3990. The third-order valence-corrected chi connectivity index (χ3v) is 14.9. The highest BCUT2D eigenvalue weighted by atomic mass is 16.5. The van der Waals surface area contributed by atoms with Crippen LogP contribution in [0.5, 0.6) is 92.0 Å². The zero-order chi connectivity index (χ0) is 47.9. The zero-order valence-electron chi connectivity index (χ0n) is 39.0. The summed E-state index contributed by atoms with van der Waals surface area (Å²) in [5, 5.41) is 0. The predicted molar refractivity (Wildman–Crippen MR) is 287 cm³/mol. The number of anilines is 2. The molecule has 342 valence electrons. The second kappa shape index (κ2) is 15.3. The van der Waals surface area contributed by atoms with Crippen molar-refractivity contribution in [3.8, 4) is 92.0 Å². The van der Waals surface area contributed by atoms with Crippen molar-refractivity contribution < 1.29 is 37.9 Å². The van der Waals surface area contributed by atoms with Crippen molar-refractivity contribution in [2.24, 2.45) is 0 Å². The molecule has 10 aromatic carbocycles. The third-order valence-electron chi connectivity index (χ3n) is 14.9. The molecular formula is C61H36B3NO8. The van der Waals surface area contributed by atoms with E-state index in [-0.39, 0.29) is 20.1 Å². The van der Waals surface area contributed by atoms with Crippen molar-refractivity contribution in [2.75, 3.05) is 11.9 Å². The quantitative estimate of drug-likeness (QED) is 0.152. The molecule has 0 aromatic heterocycles. The summed E-state index contributed by atoms with van der Waals surface area (Å²) in [6.07, 6.45) is 0. The molecule has 0 fully saturated rings. The van der Waals surface area contributed by atoms with Gasteiger partial charge in [0.05, 0.1) is 0 Å². The van der Waals surface area contributed by atoms with Gasteiger partial charge in [0, 0.05) is 77.9 Å². The lowest BCUT2D eigenvalue weighted by Gasteiger charge is -2.40. The van der Waals surface area contributed by atoms with Crippen molar-refractivity contribution in [3.63, 3.8) is 0 Å². The van der Waals surface area contributed by atoms with E-state index in [9.17, 15) is 0 Å². The maximum atomic E-state index is 7.14. The summed E-state index contributed by atoms with van der Waals surface area (Å²) in [4.78, 5) is 2.24. The second-order valence-electron chi connectivity index (χ2n) is 19.1. The maximum Gasteiger partial charge on any atom is 0.260 e. The highest BCUT2D eigenvalue weighted by Gasteiger charge is 2.48. The summed E-state index contributed by atoms with van der Waals surface area (Å²) in [6.45, 7) is -0.669. The SMILES string of the molecule is CN1c2cc3c(cc2B2c4ccccc4Oc4cc(Oc5ccccc5)cc1c42)B1c2cc4c(cc2Oc2cc(Oc5ccccc5)cc(c21)O3)Oc1cc(Oc2ccccc2)cc2c1B4c1ccccc1O2. The molecule has 0 bridgehead atoms. The molecule has 0 radical (unpaired) electrons. The van der Waals surface area contributed by atoms with Gasteiger partial charge in [0.1, 0.15) is 92.0 Å². The van der Waals surface area contributed by atoms with E-state index < -0.39 is 0 Å². The zero-order valence-corrected chi connectivity index (χ0v) is 39.0. The molecule has 6 aliphatic rings. The van der Waals surface area contributed by atoms with Crippen molar-refractivity contribution >= 4 is 80.7 Å². The molecule has 73 heavy (non-hydrogen) atoms. The van der Waals surface area contributed by atoms with Crippen LogP contribution in [0.2, 0.25) is 0 Å². The number of hydrogen-bond acceptors (Lipinski definition) is 9. The minimum Gasteiger partial charge on any atom is -0.458 e. The number of benzene rings is 10. The van der Waals surface area contributed by atoms with Gasteiger partial charge in [-0.1, -0.05) is 103 Å². The van der Waals surface area contributed by atoms with Gasteiger partial charge in [-0.3, -0.25) is 0 Å². The van der Waals surface area contributed by atoms with Gasteiger partial charge in [0.15, 0.2) is 0 Å². The van der Waals surface area contributed by atoms with Crippen LogP contribution in [0, 0.1) is 0 Å². The van der Waals surface area contributed by atoms with Gasteiger partial charge in [-0.25, -0.2) is 0 Å². The normalized spacial score (nSPS) is 13.7. The number of fused-ring (bicyclic) bond motifs is 12. The molecule has 9 nitrogen and oxygen atoms in total. The number of para-hydroxylation sites is 5. The van der Waals surface area contributed by atoms with E-state index in [2.05, 4.69) is 72.6 Å². The Balaban J connectivity index is 0.889. The summed E-state index contributed by atoms with van der Waals surface area (Å²) in [6, 6.07) is 66.9. The van der Waals surface area contributed by atoms with Gasteiger partial charge in [-0.15, -0.1) is 0 Å². The van der Waals surface area contributed by atoms with E-state index in [1.807, 2.05) is 140 Å². The lowest BCUT2D eigenvalue weighted by Crippen LogP contribution is -2.64. The van der Waals surface area contributed by atoms with Gasteiger partial charge in [-0.2, -0.15) is 0 Å². The Morgan fingerprint density at radius 2 is 0.630 bits per heavy atom. The molecule has 6 aliphatic heterocycles. The van der Waals surface area contributed by atoms with E-state index in [4.69, 9.17) is 37.9 Å². The van der Waals surface area contributed by atoms with Gasteiger partial charge < -0.3 is 42.8 Å². The first-order valence-corrected chi connectivity index (χ1v) is 24.4. The standard InChI is InChI=1S/C61H36B3NO8/c1-65-47-33-51-44(31-43(47)62-41-21-11-13-23-49(41)69-54-26-38(25-48(65)59(54)62)66-35-15-5-2-6-16-35)64-46-32-45-52(34-53(46)73-58-30-40(29-57(71-51)61(58)64)68-37-19-9-4-10-20-37)72-56-28-39(67-36-17-7-3-8-18-36)27-55-60(56)63(45)42-22-12-14-24-50(42)70-55/h2-34H,1H3. The highest BCUT2D eigenvalue weighted by molar-refractivity contribution is 7.02. The maximum absolute atomic E-state index is 7.14. The van der Waals surface area contributed by atoms with Crippen LogP contribution in [0.4, 0.5) is 11.4 Å². The molecule has 0 aliphatic carbocycles. The lowest BCUT2D eigenvalue weighted by atomic mass is 9.30. The molecule has 0 saturated carbocycles. The van der Waals surface area contributed by atoms with Crippen LogP contribution in [0.3, 0.4) is 0 Å². The molecule has 0 unspecified atom stereocenters. The van der Waals surface area contributed by atoms with Crippen molar-refractivity contribution in [1.82, 2.24) is 0 Å². The molecule has 12 heteroatoms. The molecule has 0 amide bonds. The molecule has 10 aromatic rings. The fourth-order valence-electron chi connectivity index (χ4n) is 11.8. The van der Waals surface area contributed by atoms with Crippen LogP contribution in [-0.4, -0.2) is 27.2 Å². The Kier molecular flexibility index (Phi) is 8.45. The summed E-state index contributed by atoms with van der Waals surface area (Å²) in [7, 11) is 2.11. The Morgan fingerprint density at radius 1 is 0.274 bits per heavy atom. The lowest BCUT2D eigenvalue weighted by molar-refractivity contribution is 0.435. The molecule has 0 atom stereocenters. The van der Waals surface area contributed by atoms with E-state index >= 15 is 0 Å². The van der Waals surface area contributed by atoms with Crippen LogP contribution in [-0.2, 0) is 0 Å². The number of rotatable bonds is 6. The monoisotopic (exact) mass is 943 g/mol. The molecule has 6 heterocycles. The van der Waals surface area contributed by atoms with E-state index in [1.54, 1.807) is 0 Å². The topological polar surface area (TPSA) is 77.1 Å². The van der Waals surface area contributed by atoms with Crippen LogP contribution in [0.1, 0.15) is 0 Å². The van der Waals surface area contributed by atoms with Gasteiger partial charge in [0.25, 0.3) is 20.1 Å². The van der Waals surface area contributed by atoms with E-state index in [0.29, 0.717) is 63.2 Å². The Hall–Kier alpha value is -9.41. The fourth-order valence-corrected chi connectivity index (χ4v) is 11.8. The summed E-state index contributed by atoms with van der Waals surface area (Å²) in [5.41, 5.74) is 11.3. The summed E-state index contributed by atoms with van der Waals surface area (Å²) in [5.74, 6) is 11.2. The Labute approximate surface area is 420 Å². The fraction of sp³-hybridized carbons (Fsp3) is 0.0164. The van der Waals surface area contributed by atoms with Crippen molar-refractivity contribution in [1.29, 1.82) is 0 Å². The van der Waals surface area contributed by atoms with Gasteiger partial charge in [0.2, 0.25) is 0 Å². The number of ether oxygens (including phenoxy) is 8. The first-order valence-electron chi connectivity index (χ1n) is 24.4. The molecular weight excluding hydrogens is 907 g/mol. The first-order chi connectivity index (χ1) is 36.0. The third kappa shape index (κ3) is 6.20. The smallest absolute Gasteiger partial charge is 0.260 e. The minimum absolute atomic E-state index is 0.152. The highest BCUT2D eigenvalue weighted by Crippen LogP contribution is 2.45. The van der Waals surface area contributed by atoms with Crippen LogP contribution in [0.25, 0.3) is 0 Å². The number of hydrogen-bond donors (Lipinski definition) is 0. The second-order valence-corrected chi connectivity index (χ2v) is 19.1. The van der Waals surface area contributed by atoms with Crippen molar-refractivity contribution in [3.05, 3.63) is 200 Å². The first kappa shape index (κ1) is 40.3. The largest absolute Gasteiger partial charge is 0.458 e. The summed E-state index contributed by atoms with van der Waals surface area (Å²) < 4.78 is 54.1. The van der Waals surface area contributed by atoms with Crippen LogP contribution in [0.15, 0.2) is 200 Å². The van der Waals surface area contributed by atoms with Crippen LogP contribution < -0.4 is 92.0 Å². The number of nitrogens with zero attached hydrogens (tertiary/aromatic N) is 1. The van der Waals surface area contributed by atoms with Gasteiger partial charge >= 0.3 is 0 Å². The van der Waals surface area contributed by atoms with Crippen LogP contribution >= 0.6 is 0 Å². The molecule has 0 N–H and O–H groups in total. The average molecular weight is 943 g/mol. The molecule has 0 spiro atoms.